The Morgan fingerprint density at radius 3 is 2.29 bits per heavy atom. The van der Waals surface area contributed by atoms with Gasteiger partial charge in [-0.05, 0) is 35.6 Å². The number of hydrogen-bond donors (Lipinski definition) is 1. The molecule has 1 amide bonds. The highest BCUT2D eigenvalue weighted by atomic mass is 35.5. The summed E-state index contributed by atoms with van der Waals surface area (Å²) in [4.78, 5) is 12.5. The number of nitrogens with zero attached hydrogens (tertiary/aromatic N) is 1. The summed E-state index contributed by atoms with van der Waals surface area (Å²) in [7, 11) is 0. The Hall–Kier alpha value is -2.15. The Kier molecular flexibility index (Phi) is 8.75. The summed E-state index contributed by atoms with van der Waals surface area (Å²) in [6, 6.07) is 10.5. The van der Waals surface area contributed by atoms with Gasteiger partial charge in [0, 0.05) is 25.2 Å². The molecule has 1 saturated heterocycles. The first-order valence-corrected chi connectivity index (χ1v) is 13.3. The van der Waals surface area contributed by atoms with E-state index in [1.54, 1.807) is 36.4 Å². The average molecular weight is 583 g/mol. The van der Waals surface area contributed by atoms with Crippen molar-refractivity contribution in [1.82, 2.24) is 4.90 Å². The molecule has 0 atom stereocenters. The van der Waals surface area contributed by atoms with Crippen LogP contribution in [-0.2, 0) is 39.4 Å². The standard InChI is InChI=1S/C25H25ClF6N2O3S/c26-20-6-3-17-7-9-34(22(35)25(30,31)32)10-8-19(17)21(20)33-13-16-1-4-18(5-2-16)23(36-11-12-37-23)14-38-15-24(27,28)29/h1-6,33H,7-15H2. The summed E-state index contributed by atoms with van der Waals surface area (Å²) in [5.74, 6) is -4.12. The van der Waals surface area contributed by atoms with Crippen LogP contribution >= 0.6 is 23.4 Å². The van der Waals surface area contributed by atoms with Gasteiger partial charge in [-0.15, -0.1) is 11.8 Å². The van der Waals surface area contributed by atoms with Crippen molar-refractivity contribution >= 4 is 35.0 Å². The minimum Gasteiger partial charge on any atom is -0.380 e. The van der Waals surface area contributed by atoms with Crippen molar-refractivity contribution < 1.29 is 40.6 Å². The number of rotatable bonds is 7. The summed E-state index contributed by atoms with van der Waals surface area (Å²) in [5, 5.41) is 3.67. The minimum atomic E-state index is -4.93. The maximum absolute atomic E-state index is 12.9. The molecule has 1 N–H and O–H groups in total. The Balaban J connectivity index is 1.44. The molecule has 0 aromatic heterocycles. The van der Waals surface area contributed by atoms with Crippen LogP contribution in [-0.4, -0.2) is 61.0 Å². The second-order valence-electron chi connectivity index (χ2n) is 8.96. The van der Waals surface area contributed by atoms with Gasteiger partial charge < -0.3 is 19.7 Å². The third-order valence-electron chi connectivity index (χ3n) is 6.35. The molecule has 0 spiro atoms. The molecule has 2 aromatic carbocycles. The van der Waals surface area contributed by atoms with E-state index in [1.165, 1.54) is 0 Å². The lowest BCUT2D eigenvalue weighted by atomic mass is 10.0. The number of benzene rings is 2. The molecule has 4 rings (SSSR count). The first kappa shape index (κ1) is 28.8. The summed E-state index contributed by atoms with van der Waals surface area (Å²) in [6.45, 7) is 0.767. The van der Waals surface area contributed by atoms with Crippen molar-refractivity contribution in [3.8, 4) is 0 Å². The SMILES string of the molecule is O=C(N1CCc2ccc(Cl)c(NCc3ccc(C4(CSCC(F)(F)F)OCCO4)cc3)c2CC1)C(F)(F)F. The smallest absolute Gasteiger partial charge is 0.380 e. The summed E-state index contributed by atoms with van der Waals surface area (Å²) >= 11 is 7.12. The van der Waals surface area contributed by atoms with Crippen LogP contribution in [0, 0.1) is 0 Å². The van der Waals surface area contributed by atoms with Gasteiger partial charge in [-0.1, -0.05) is 41.9 Å². The third kappa shape index (κ3) is 6.88. The molecular formula is C25H25ClF6N2O3S. The topological polar surface area (TPSA) is 50.8 Å². The number of fused-ring (bicyclic) bond motifs is 1. The zero-order chi connectivity index (χ0) is 27.6. The van der Waals surface area contributed by atoms with E-state index in [2.05, 4.69) is 5.32 Å². The molecule has 0 bridgehead atoms. The summed E-state index contributed by atoms with van der Waals surface area (Å²) < 4.78 is 88.0. The van der Waals surface area contributed by atoms with E-state index >= 15 is 0 Å². The highest BCUT2D eigenvalue weighted by molar-refractivity contribution is 7.99. The molecule has 2 heterocycles. The monoisotopic (exact) mass is 582 g/mol. The van der Waals surface area contributed by atoms with Crippen LogP contribution in [0.2, 0.25) is 5.02 Å². The molecule has 2 aliphatic heterocycles. The lowest BCUT2D eigenvalue weighted by Crippen LogP contribution is -2.42. The van der Waals surface area contributed by atoms with Gasteiger partial charge >= 0.3 is 18.3 Å². The van der Waals surface area contributed by atoms with Crippen molar-refractivity contribution in [2.24, 2.45) is 0 Å². The highest BCUT2D eigenvalue weighted by Crippen LogP contribution is 2.37. The van der Waals surface area contributed by atoms with Crippen LogP contribution in [0.25, 0.3) is 0 Å². The number of ether oxygens (including phenoxy) is 2. The average Bonchev–Trinajstić information content (AvgIpc) is 3.22. The number of alkyl halides is 6. The molecule has 2 aliphatic rings. The van der Waals surface area contributed by atoms with E-state index in [9.17, 15) is 31.1 Å². The van der Waals surface area contributed by atoms with Crippen molar-refractivity contribution in [2.45, 2.75) is 37.5 Å². The number of nitrogens with one attached hydrogen (secondary N) is 1. The maximum atomic E-state index is 12.9. The van der Waals surface area contributed by atoms with Crippen LogP contribution in [0.1, 0.15) is 22.3 Å². The van der Waals surface area contributed by atoms with E-state index in [1.807, 2.05) is 0 Å². The molecule has 208 valence electrons. The summed E-state index contributed by atoms with van der Waals surface area (Å²) in [6.07, 6.45) is -8.73. The van der Waals surface area contributed by atoms with Gasteiger partial charge in [0.1, 0.15) is 0 Å². The number of amides is 1. The number of anilines is 1. The molecular weight excluding hydrogens is 558 g/mol. The van der Waals surface area contributed by atoms with Crippen molar-refractivity contribution in [2.75, 3.05) is 43.1 Å². The molecule has 5 nitrogen and oxygen atoms in total. The van der Waals surface area contributed by atoms with Crippen LogP contribution < -0.4 is 5.32 Å². The van der Waals surface area contributed by atoms with Gasteiger partial charge in [-0.25, -0.2) is 0 Å². The van der Waals surface area contributed by atoms with E-state index < -0.39 is 29.8 Å². The van der Waals surface area contributed by atoms with Crippen molar-refractivity contribution in [3.63, 3.8) is 0 Å². The normalized spacial score (nSPS) is 17.7. The van der Waals surface area contributed by atoms with E-state index in [-0.39, 0.29) is 44.9 Å². The fraction of sp³-hybridized carbons (Fsp3) is 0.480. The molecule has 0 saturated carbocycles. The second-order valence-corrected chi connectivity index (χ2v) is 10.4. The predicted molar refractivity (Wildman–Crippen MR) is 132 cm³/mol. The van der Waals surface area contributed by atoms with Gasteiger partial charge in [-0.3, -0.25) is 4.79 Å². The number of hydrogen-bond acceptors (Lipinski definition) is 5. The van der Waals surface area contributed by atoms with E-state index in [0.717, 1.165) is 21.6 Å². The van der Waals surface area contributed by atoms with Crippen molar-refractivity contribution in [3.05, 3.63) is 63.7 Å². The third-order valence-corrected chi connectivity index (χ3v) is 7.78. The van der Waals surface area contributed by atoms with E-state index in [4.69, 9.17) is 21.1 Å². The van der Waals surface area contributed by atoms with Crippen LogP contribution in [0.15, 0.2) is 36.4 Å². The van der Waals surface area contributed by atoms with Gasteiger partial charge in [0.25, 0.3) is 0 Å². The Bertz CT molecular complexity index is 1140. The van der Waals surface area contributed by atoms with Gasteiger partial charge in [0.15, 0.2) is 0 Å². The van der Waals surface area contributed by atoms with Crippen LogP contribution in [0.5, 0.6) is 0 Å². The number of carbonyl (C=O) groups excluding carboxylic acids is 1. The molecule has 1 fully saturated rings. The first-order chi connectivity index (χ1) is 17.9. The molecule has 13 heteroatoms. The lowest BCUT2D eigenvalue weighted by molar-refractivity contribution is -0.185. The van der Waals surface area contributed by atoms with Crippen molar-refractivity contribution in [1.29, 1.82) is 0 Å². The van der Waals surface area contributed by atoms with Gasteiger partial charge in [-0.2, -0.15) is 26.3 Å². The Morgan fingerprint density at radius 1 is 1.00 bits per heavy atom. The lowest BCUT2D eigenvalue weighted by Gasteiger charge is -2.28. The van der Waals surface area contributed by atoms with Crippen LogP contribution in [0.4, 0.5) is 32.0 Å². The quantitative estimate of drug-likeness (QED) is 0.410. The maximum Gasteiger partial charge on any atom is 0.471 e. The summed E-state index contributed by atoms with van der Waals surface area (Å²) in [5.41, 5.74) is 3.62. The van der Waals surface area contributed by atoms with Crippen LogP contribution in [0.3, 0.4) is 0 Å². The van der Waals surface area contributed by atoms with Gasteiger partial charge in [0.2, 0.25) is 5.79 Å². The number of halogens is 7. The largest absolute Gasteiger partial charge is 0.471 e. The molecule has 0 radical (unpaired) electrons. The zero-order valence-electron chi connectivity index (χ0n) is 20.1. The Labute approximate surface area is 224 Å². The predicted octanol–water partition coefficient (Wildman–Crippen LogP) is 5.94. The first-order valence-electron chi connectivity index (χ1n) is 11.8. The molecule has 0 aliphatic carbocycles. The number of thioether (sulfide) groups is 1. The minimum absolute atomic E-state index is 0.0102. The fourth-order valence-corrected chi connectivity index (χ4v) is 5.71. The van der Waals surface area contributed by atoms with Gasteiger partial charge in [0.05, 0.1) is 35.4 Å². The molecule has 2 aromatic rings. The number of carbonyl (C=O) groups is 1. The Morgan fingerprint density at radius 2 is 1.66 bits per heavy atom. The highest BCUT2D eigenvalue weighted by Gasteiger charge is 2.43. The van der Waals surface area contributed by atoms with E-state index in [0.29, 0.717) is 34.6 Å². The molecule has 0 unspecified atom stereocenters. The fourth-order valence-electron chi connectivity index (χ4n) is 4.53. The zero-order valence-corrected chi connectivity index (χ0v) is 21.6. The second kappa shape index (κ2) is 11.5. The molecule has 38 heavy (non-hydrogen) atoms.